The van der Waals surface area contributed by atoms with Gasteiger partial charge in [-0.3, -0.25) is 4.79 Å². The van der Waals surface area contributed by atoms with E-state index in [0.717, 1.165) is 30.1 Å². The van der Waals surface area contributed by atoms with Gasteiger partial charge in [-0.15, -0.1) is 5.10 Å². The fourth-order valence-electron chi connectivity index (χ4n) is 0.992. The van der Waals surface area contributed by atoms with Crippen molar-refractivity contribution in [3.05, 3.63) is 10.6 Å². The molecule has 5 heteroatoms. The highest BCUT2D eigenvalue weighted by Gasteiger charge is 2.30. The second-order valence-corrected chi connectivity index (χ2v) is 3.38. The largest absolute Gasteiger partial charge is 0.365 e. The average molecular weight is 169 g/mol. The van der Waals surface area contributed by atoms with Gasteiger partial charge in [0, 0.05) is 5.92 Å². The molecule has 1 aromatic heterocycles. The summed E-state index contributed by atoms with van der Waals surface area (Å²) >= 11 is 1.09. The molecule has 0 saturated heterocycles. The molecular weight excluding hydrogens is 162 g/mol. The lowest BCUT2D eigenvalue weighted by molar-refractivity contribution is 0.100. The zero-order valence-electron chi connectivity index (χ0n) is 5.78. The van der Waals surface area contributed by atoms with Crippen LogP contribution in [-0.2, 0) is 0 Å². The first-order chi connectivity index (χ1) is 5.29. The highest BCUT2D eigenvalue weighted by Crippen LogP contribution is 2.40. The number of rotatable bonds is 2. The van der Waals surface area contributed by atoms with Crippen molar-refractivity contribution in [2.75, 3.05) is 0 Å². The van der Waals surface area contributed by atoms with Crippen molar-refractivity contribution in [3.8, 4) is 0 Å². The third-order valence-electron chi connectivity index (χ3n) is 1.70. The second kappa shape index (κ2) is 2.27. The first-order valence-corrected chi connectivity index (χ1v) is 4.18. The standard InChI is InChI=1S/C6H7N3OS/c7-6(10)5-4(3-1-2-3)8-9-11-5/h3H,1-2H2,(H2,7,10). The van der Waals surface area contributed by atoms with Crippen LogP contribution < -0.4 is 5.73 Å². The second-order valence-electron chi connectivity index (χ2n) is 2.63. The van der Waals surface area contributed by atoms with Gasteiger partial charge >= 0.3 is 0 Å². The Hall–Kier alpha value is -0.970. The summed E-state index contributed by atoms with van der Waals surface area (Å²) in [5, 5.41) is 3.87. The lowest BCUT2D eigenvalue weighted by atomic mass is 10.2. The van der Waals surface area contributed by atoms with Crippen LogP contribution in [0.15, 0.2) is 0 Å². The molecule has 2 N–H and O–H groups in total. The molecule has 0 radical (unpaired) electrons. The smallest absolute Gasteiger partial charge is 0.262 e. The molecule has 0 aromatic carbocycles. The molecule has 4 nitrogen and oxygen atoms in total. The van der Waals surface area contributed by atoms with Gasteiger partial charge in [0.1, 0.15) is 4.88 Å². The van der Waals surface area contributed by atoms with Gasteiger partial charge in [0.15, 0.2) is 0 Å². The van der Waals surface area contributed by atoms with Crippen LogP contribution in [-0.4, -0.2) is 15.5 Å². The fourth-order valence-corrected chi connectivity index (χ4v) is 1.59. The number of hydrogen-bond donors (Lipinski definition) is 1. The SMILES string of the molecule is NC(=O)c1snnc1C1CC1. The van der Waals surface area contributed by atoms with E-state index >= 15 is 0 Å². The van der Waals surface area contributed by atoms with Crippen molar-refractivity contribution in [1.82, 2.24) is 9.59 Å². The van der Waals surface area contributed by atoms with Gasteiger partial charge in [-0.05, 0) is 24.4 Å². The summed E-state index contributed by atoms with van der Waals surface area (Å²) in [6, 6.07) is 0. The Morgan fingerprint density at radius 1 is 1.64 bits per heavy atom. The predicted molar refractivity (Wildman–Crippen MR) is 40.4 cm³/mol. The Bertz CT molecular complexity index is 292. The van der Waals surface area contributed by atoms with Crippen LogP contribution >= 0.6 is 11.5 Å². The molecule has 1 heterocycles. The molecule has 58 valence electrons. The normalized spacial score (nSPS) is 16.7. The molecule has 1 amide bonds. The highest BCUT2D eigenvalue weighted by atomic mass is 32.1. The van der Waals surface area contributed by atoms with Crippen LogP contribution in [0.2, 0.25) is 0 Å². The first kappa shape index (κ1) is 6.72. The van der Waals surface area contributed by atoms with E-state index in [9.17, 15) is 4.79 Å². The number of carbonyl (C=O) groups excluding carboxylic acids is 1. The quantitative estimate of drug-likeness (QED) is 0.701. The van der Waals surface area contributed by atoms with E-state index in [0.29, 0.717) is 10.8 Å². The highest BCUT2D eigenvalue weighted by molar-refractivity contribution is 7.08. The third-order valence-corrected chi connectivity index (χ3v) is 2.46. The molecule has 2 rings (SSSR count). The number of aromatic nitrogens is 2. The van der Waals surface area contributed by atoms with Crippen molar-refractivity contribution in [2.45, 2.75) is 18.8 Å². The zero-order chi connectivity index (χ0) is 7.84. The Labute approximate surface area is 67.6 Å². The average Bonchev–Trinajstić information content (AvgIpc) is 2.68. The van der Waals surface area contributed by atoms with E-state index in [4.69, 9.17) is 5.73 Å². The summed E-state index contributed by atoms with van der Waals surface area (Å²) in [6.07, 6.45) is 2.23. The summed E-state index contributed by atoms with van der Waals surface area (Å²) in [5.74, 6) is 0.0538. The van der Waals surface area contributed by atoms with Crippen LogP contribution in [0, 0.1) is 0 Å². The topological polar surface area (TPSA) is 68.9 Å². The minimum Gasteiger partial charge on any atom is -0.365 e. The lowest BCUT2D eigenvalue weighted by Crippen LogP contribution is -2.11. The Kier molecular flexibility index (Phi) is 1.38. The zero-order valence-corrected chi connectivity index (χ0v) is 6.60. The third kappa shape index (κ3) is 1.11. The Morgan fingerprint density at radius 2 is 2.36 bits per heavy atom. The maximum absolute atomic E-state index is 10.8. The number of primary amides is 1. The number of nitrogens with two attached hydrogens (primary N) is 1. The predicted octanol–water partition coefficient (Wildman–Crippen LogP) is 0.514. The molecule has 0 bridgehead atoms. The number of hydrogen-bond acceptors (Lipinski definition) is 4. The Morgan fingerprint density at radius 3 is 2.91 bits per heavy atom. The number of carbonyl (C=O) groups is 1. The van der Waals surface area contributed by atoms with Crippen molar-refractivity contribution in [2.24, 2.45) is 5.73 Å². The maximum Gasteiger partial charge on any atom is 0.262 e. The van der Waals surface area contributed by atoms with E-state index in [1.54, 1.807) is 0 Å². The van der Waals surface area contributed by atoms with Gasteiger partial charge in [-0.25, -0.2) is 0 Å². The van der Waals surface area contributed by atoms with E-state index in [1.807, 2.05) is 0 Å². The van der Waals surface area contributed by atoms with Crippen LogP contribution in [0.4, 0.5) is 0 Å². The summed E-state index contributed by atoms with van der Waals surface area (Å²) in [4.78, 5) is 11.3. The van der Waals surface area contributed by atoms with Crippen molar-refractivity contribution >= 4 is 17.4 Å². The van der Waals surface area contributed by atoms with E-state index in [-0.39, 0.29) is 0 Å². The van der Waals surface area contributed by atoms with Crippen molar-refractivity contribution < 1.29 is 4.79 Å². The van der Waals surface area contributed by atoms with Gasteiger partial charge in [0.05, 0.1) is 5.69 Å². The van der Waals surface area contributed by atoms with Crippen LogP contribution in [0.1, 0.15) is 34.1 Å². The molecule has 0 spiro atoms. The molecule has 1 fully saturated rings. The summed E-state index contributed by atoms with van der Waals surface area (Å²) < 4.78 is 3.70. The number of amides is 1. The molecule has 0 aliphatic heterocycles. The minimum atomic E-state index is -0.401. The summed E-state index contributed by atoms with van der Waals surface area (Å²) in [5.41, 5.74) is 5.92. The van der Waals surface area contributed by atoms with E-state index in [1.165, 1.54) is 0 Å². The van der Waals surface area contributed by atoms with Gasteiger partial charge < -0.3 is 5.73 Å². The lowest BCUT2D eigenvalue weighted by Gasteiger charge is -1.90. The van der Waals surface area contributed by atoms with Crippen LogP contribution in [0.3, 0.4) is 0 Å². The summed E-state index contributed by atoms with van der Waals surface area (Å²) in [6.45, 7) is 0. The molecule has 0 unspecified atom stereocenters. The fraction of sp³-hybridized carbons (Fsp3) is 0.500. The van der Waals surface area contributed by atoms with Crippen molar-refractivity contribution in [3.63, 3.8) is 0 Å². The maximum atomic E-state index is 10.8. The van der Waals surface area contributed by atoms with Crippen LogP contribution in [0.25, 0.3) is 0 Å². The molecule has 1 aromatic rings. The molecular formula is C6H7N3OS. The first-order valence-electron chi connectivity index (χ1n) is 3.41. The minimum absolute atomic E-state index is 0.401. The summed E-state index contributed by atoms with van der Waals surface area (Å²) in [7, 11) is 0. The molecule has 0 atom stereocenters. The van der Waals surface area contributed by atoms with Gasteiger partial charge in [0.2, 0.25) is 0 Å². The number of nitrogens with zero attached hydrogens (tertiary/aromatic N) is 2. The molecule has 11 heavy (non-hydrogen) atoms. The molecule has 1 aliphatic rings. The van der Waals surface area contributed by atoms with Crippen LogP contribution in [0.5, 0.6) is 0 Å². The van der Waals surface area contributed by atoms with Gasteiger partial charge in [0.25, 0.3) is 5.91 Å². The monoisotopic (exact) mass is 169 g/mol. The van der Waals surface area contributed by atoms with E-state index < -0.39 is 5.91 Å². The van der Waals surface area contributed by atoms with Gasteiger partial charge in [-0.2, -0.15) is 0 Å². The van der Waals surface area contributed by atoms with Crippen molar-refractivity contribution in [1.29, 1.82) is 0 Å². The molecule has 1 saturated carbocycles. The van der Waals surface area contributed by atoms with Gasteiger partial charge in [-0.1, -0.05) is 4.49 Å². The van der Waals surface area contributed by atoms with E-state index in [2.05, 4.69) is 9.59 Å². The Balaban J connectivity index is 2.37. The molecule has 1 aliphatic carbocycles.